The van der Waals surface area contributed by atoms with Gasteiger partial charge in [0.25, 0.3) is 11.8 Å². The summed E-state index contributed by atoms with van der Waals surface area (Å²) in [6.45, 7) is 2.33. The van der Waals surface area contributed by atoms with Crippen LogP contribution in [0.4, 0.5) is 32.0 Å². The molecule has 8 nitrogen and oxygen atoms in total. The van der Waals surface area contributed by atoms with Gasteiger partial charge in [-0.2, -0.15) is 13.2 Å². The van der Waals surface area contributed by atoms with Crippen LogP contribution >= 0.6 is 0 Å². The van der Waals surface area contributed by atoms with E-state index in [0.29, 0.717) is 22.8 Å². The van der Waals surface area contributed by atoms with E-state index in [9.17, 15) is 26.4 Å². The standard InChI is InChI=1S/C30H26F6N4O4S/c1-28(2,45(3,42)43)27-39-38-25(44-27)20-12-24-21(13-22(20)31)29(32,33)14-23(37)26(41)40(24)15-16-4-6-17(7-5-16)18-8-10-19(11-9-18)30(34,35)36/h4-13,23H,14-15,37H2,1-3H3/t23-/m1/s1. The Labute approximate surface area is 253 Å². The lowest BCUT2D eigenvalue weighted by Gasteiger charge is -2.25. The SMILES string of the molecule is CC(C)(c1nnc(-c2cc3c(cc2F)C(F)(F)C[C@@H](N)C(=O)N3Cc2ccc(-c3ccc(C(F)(F)F)cc3)cc2)o1)S(C)(=O)=O. The van der Waals surface area contributed by atoms with E-state index in [1.165, 1.54) is 26.0 Å². The van der Waals surface area contributed by atoms with E-state index in [0.717, 1.165) is 29.4 Å². The molecular weight excluding hydrogens is 626 g/mol. The van der Waals surface area contributed by atoms with E-state index in [-0.39, 0.29) is 18.1 Å². The van der Waals surface area contributed by atoms with Gasteiger partial charge in [0.2, 0.25) is 11.8 Å². The maximum absolute atomic E-state index is 15.3. The first-order valence-corrected chi connectivity index (χ1v) is 15.3. The molecular formula is C30H26F6N4O4S. The Bertz CT molecular complexity index is 1870. The van der Waals surface area contributed by atoms with Crippen LogP contribution in [0.15, 0.2) is 65.1 Å². The number of nitrogens with two attached hydrogens (primary N) is 1. The second-order valence-corrected chi connectivity index (χ2v) is 13.8. The molecule has 1 aliphatic heterocycles. The second kappa shape index (κ2) is 11.0. The largest absolute Gasteiger partial charge is 0.419 e. The lowest BCUT2D eigenvalue weighted by molar-refractivity contribution is -0.137. The van der Waals surface area contributed by atoms with E-state index < -0.39 is 73.5 Å². The number of halogens is 6. The summed E-state index contributed by atoms with van der Waals surface area (Å²) in [6, 6.07) is 10.7. The number of carbonyl (C=O) groups is 1. The van der Waals surface area contributed by atoms with Crippen LogP contribution in [0.3, 0.4) is 0 Å². The molecule has 0 radical (unpaired) electrons. The first-order chi connectivity index (χ1) is 20.8. The van der Waals surface area contributed by atoms with Crippen molar-refractivity contribution in [2.75, 3.05) is 11.2 Å². The summed E-state index contributed by atoms with van der Waals surface area (Å²) in [4.78, 5) is 14.3. The van der Waals surface area contributed by atoms with Gasteiger partial charge < -0.3 is 15.1 Å². The number of alkyl halides is 5. The molecule has 0 spiro atoms. The van der Waals surface area contributed by atoms with E-state index in [2.05, 4.69) is 10.2 Å². The highest BCUT2D eigenvalue weighted by Gasteiger charge is 2.45. The number of benzene rings is 3. The molecule has 2 N–H and O–H groups in total. The van der Waals surface area contributed by atoms with Crippen LogP contribution in [0.25, 0.3) is 22.6 Å². The van der Waals surface area contributed by atoms with E-state index >= 15 is 13.2 Å². The molecule has 3 aromatic carbocycles. The molecule has 1 aliphatic rings. The summed E-state index contributed by atoms with van der Waals surface area (Å²) in [7, 11) is -3.76. The molecule has 0 unspecified atom stereocenters. The van der Waals surface area contributed by atoms with Gasteiger partial charge in [0.15, 0.2) is 9.84 Å². The van der Waals surface area contributed by atoms with Gasteiger partial charge in [-0.3, -0.25) is 4.79 Å². The topological polar surface area (TPSA) is 119 Å². The maximum Gasteiger partial charge on any atom is 0.416 e. The van der Waals surface area contributed by atoms with Gasteiger partial charge >= 0.3 is 6.18 Å². The molecule has 1 atom stereocenters. The van der Waals surface area contributed by atoms with Gasteiger partial charge in [-0.05, 0) is 54.8 Å². The van der Waals surface area contributed by atoms with Gasteiger partial charge in [0, 0.05) is 18.2 Å². The van der Waals surface area contributed by atoms with E-state index in [1.807, 2.05) is 0 Å². The molecule has 2 heterocycles. The highest BCUT2D eigenvalue weighted by atomic mass is 32.2. The van der Waals surface area contributed by atoms with Crippen molar-refractivity contribution in [1.29, 1.82) is 0 Å². The fraction of sp³-hybridized carbons (Fsp3) is 0.300. The number of sulfone groups is 1. The third-order valence-electron chi connectivity index (χ3n) is 7.77. The Morgan fingerprint density at radius 3 is 2.13 bits per heavy atom. The van der Waals surface area contributed by atoms with Crippen molar-refractivity contribution < 1.29 is 44.0 Å². The lowest BCUT2D eigenvalue weighted by atomic mass is 9.99. The van der Waals surface area contributed by atoms with E-state index in [1.54, 1.807) is 24.3 Å². The first kappa shape index (κ1) is 32.2. The first-order valence-electron chi connectivity index (χ1n) is 13.4. The molecule has 45 heavy (non-hydrogen) atoms. The number of rotatable bonds is 6. The molecule has 0 fully saturated rings. The molecule has 1 amide bonds. The minimum atomic E-state index is -4.49. The number of nitrogens with zero attached hydrogens (tertiary/aromatic N) is 3. The number of fused-ring (bicyclic) bond motifs is 1. The molecule has 0 aliphatic carbocycles. The quantitative estimate of drug-likeness (QED) is 0.247. The zero-order chi connectivity index (χ0) is 33.1. The lowest BCUT2D eigenvalue weighted by Crippen LogP contribution is -2.43. The molecule has 0 saturated heterocycles. The normalized spacial score (nSPS) is 17.2. The Balaban J connectivity index is 1.53. The van der Waals surface area contributed by atoms with Crippen LogP contribution in [0, 0.1) is 5.82 Å². The third-order valence-corrected chi connectivity index (χ3v) is 9.80. The maximum atomic E-state index is 15.3. The number of amides is 1. The van der Waals surface area contributed by atoms with Crippen LogP contribution in [-0.2, 0) is 38.0 Å². The van der Waals surface area contributed by atoms with Crippen LogP contribution in [-0.4, -0.2) is 36.8 Å². The Morgan fingerprint density at radius 2 is 1.58 bits per heavy atom. The number of hydrogen-bond donors (Lipinski definition) is 1. The van der Waals surface area contributed by atoms with Crippen molar-refractivity contribution in [1.82, 2.24) is 10.2 Å². The fourth-order valence-corrected chi connectivity index (χ4v) is 5.17. The van der Waals surface area contributed by atoms with Crippen molar-refractivity contribution in [2.24, 2.45) is 5.73 Å². The fourth-order valence-electron chi connectivity index (χ4n) is 4.77. The Kier molecular flexibility index (Phi) is 7.85. The van der Waals surface area contributed by atoms with E-state index in [4.69, 9.17) is 10.2 Å². The average molecular weight is 653 g/mol. The highest BCUT2D eigenvalue weighted by Crippen LogP contribution is 2.45. The van der Waals surface area contributed by atoms with Gasteiger partial charge in [0.1, 0.15) is 10.6 Å². The summed E-state index contributed by atoms with van der Waals surface area (Å²) < 4.78 is 113. The number of hydrogen-bond acceptors (Lipinski definition) is 7. The minimum Gasteiger partial charge on any atom is -0.419 e. The van der Waals surface area contributed by atoms with Crippen LogP contribution in [0.2, 0.25) is 0 Å². The highest BCUT2D eigenvalue weighted by molar-refractivity contribution is 7.91. The third kappa shape index (κ3) is 6.06. The zero-order valence-corrected chi connectivity index (χ0v) is 24.8. The summed E-state index contributed by atoms with van der Waals surface area (Å²) in [5.74, 6) is -6.61. The number of carbonyl (C=O) groups excluding carboxylic acids is 1. The van der Waals surface area contributed by atoms with Crippen molar-refractivity contribution in [3.05, 3.63) is 89.1 Å². The van der Waals surface area contributed by atoms with Crippen molar-refractivity contribution in [3.63, 3.8) is 0 Å². The summed E-state index contributed by atoms with van der Waals surface area (Å²) in [5.41, 5.74) is 4.93. The predicted octanol–water partition coefficient (Wildman–Crippen LogP) is 6.20. The molecule has 5 rings (SSSR count). The predicted molar refractivity (Wildman–Crippen MR) is 152 cm³/mol. The molecule has 1 aromatic heterocycles. The van der Waals surface area contributed by atoms with Crippen molar-refractivity contribution in [3.8, 4) is 22.6 Å². The molecule has 0 saturated carbocycles. The molecule has 4 aromatic rings. The van der Waals surface area contributed by atoms with Crippen LogP contribution in [0.1, 0.15) is 42.8 Å². The Morgan fingerprint density at radius 1 is 1.00 bits per heavy atom. The smallest absolute Gasteiger partial charge is 0.416 e. The summed E-state index contributed by atoms with van der Waals surface area (Å²) >= 11 is 0. The minimum absolute atomic E-state index is 0.274. The number of aromatic nitrogens is 2. The zero-order valence-electron chi connectivity index (χ0n) is 24.0. The summed E-state index contributed by atoms with van der Waals surface area (Å²) in [5, 5.41) is 7.46. The summed E-state index contributed by atoms with van der Waals surface area (Å²) in [6.07, 6.45) is -4.63. The Hall–Kier alpha value is -4.24. The van der Waals surface area contributed by atoms with Crippen molar-refractivity contribution in [2.45, 2.75) is 49.7 Å². The second-order valence-electron chi connectivity index (χ2n) is 11.3. The van der Waals surface area contributed by atoms with Gasteiger partial charge in [0.05, 0.1) is 29.4 Å². The van der Waals surface area contributed by atoms with Crippen LogP contribution < -0.4 is 10.6 Å². The average Bonchev–Trinajstić information content (AvgIpc) is 3.43. The molecule has 238 valence electrons. The van der Waals surface area contributed by atoms with Crippen molar-refractivity contribution >= 4 is 21.4 Å². The van der Waals surface area contributed by atoms with Crippen LogP contribution in [0.5, 0.6) is 0 Å². The molecule has 0 bridgehead atoms. The van der Waals surface area contributed by atoms with Gasteiger partial charge in [-0.15, -0.1) is 10.2 Å². The van der Waals surface area contributed by atoms with Gasteiger partial charge in [-0.25, -0.2) is 21.6 Å². The monoisotopic (exact) mass is 652 g/mol. The molecule has 15 heteroatoms. The van der Waals surface area contributed by atoms with Gasteiger partial charge in [-0.1, -0.05) is 36.4 Å². The number of anilines is 1.